The summed E-state index contributed by atoms with van der Waals surface area (Å²) in [4.78, 5) is 12.5. The number of Topliss-reactive ketones (excluding diaryl/α,β-unsaturated/α-hetero) is 1. The van der Waals surface area contributed by atoms with Crippen LogP contribution in [0.15, 0.2) is 36.4 Å². The average Bonchev–Trinajstić information content (AvgIpc) is 2.47. The first kappa shape index (κ1) is 13.3. The van der Waals surface area contributed by atoms with Crippen LogP contribution in [0.4, 0.5) is 0 Å². The standard InChI is InChI=1S/C16H14O5/c1-20-14-5-2-9(6-13(14)18)12-8-21-15-7-10(17)3-4-11(15)16(12)19/h2-7,12,17-18H,8H2,1H3. The van der Waals surface area contributed by atoms with E-state index in [2.05, 4.69) is 0 Å². The number of hydrogen-bond acceptors (Lipinski definition) is 5. The summed E-state index contributed by atoms with van der Waals surface area (Å²) in [6.07, 6.45) is 0. The number of aromatic hydroxyl groups is 2. The molecule has 5 nitrogen and oxygen atoms in total. The maximum Gasteiger partial charge on any atom is 0.177 e. The van der Waals surface area contributed by atoms with Gasteiger partial charge in [0, 0.05) is 6.07 Å². The Bertz CT molecular complexity index is 708. The van der Waals surface area contributed by atoms with Gasteiger partial charge in [0.05, 0.1) is 18.6 Å². The van der Waals surface area contributed by atoms with Crippen molar-refractivity contribution in [1.29, 1.82) is 0 Å². The van der Waals surface area contributed by atoms with Crippen LogP contribution in [-0.2, 0) is 0 Å². The predicted molar refractivity (Wildman–Crippen MR) is 75.3 cm³/mol. The summed E-state index contributed by atoms with van der Waals surface area (Å²) >= 11 is 0. The van der Waals surface area contributed by atoms with E-state index in [1.807, 2.05) is 0 Å². The third-order valence-corrected chi connectivity index (χ3v) is 3.56. The predicted octanol–water partition coefficient (Wildman–Crippen LogP) is 2.47. The molecule has 0 radical (unpaired) electrons. The lowest BCUT2D eigenvalue weighted by molar-refractivity contribution is 0.0896. The van der Waals surface area contributed by atoms with Gasteiger partial charge in [0.1, 0.15) is 18.1 Å². The zero-order chi connectivity index (χ0) is 15.0. The maximum absolute atomic E-state index is 12.5. The van der Waals surface area contributed by atoms with Gasteiger partial charge in [-0.3, -0.25) is 4.79 Å². The van der Waals surface area contributed by atoms with E-state index in [4.69, 9.17) is 9.47 Å². The maximum atomic E-state index is 12.5. The normalized spacial score (nSPS) is 17.0. The molecule has 0 amide bonds. The number of ketones is 1. The van der Waals surface area contributed by atoms with E-state index in [0.717, 1.165) is 0 Å². The van der Waals surface area contributed by atoms with Gasteiger partial charge in [0.25, 0.3) is 0 Å². The minimum Gasteiger partial charge on any atom is -0.508 e. The molecule has 0 aliphatic carbocycles. The number of phenols is 2. The highest BCUT2D eigenvalue weighted by molar-refractivity contribution is 6.04. The van der Waals surface area contributed by atoms with Crippen molar-refractivity contribution in [1.82, 2.24) is 0 Å². The van der Waals surface area contributed by atoms with Crippen LogP contribution < -0.4 is 9.47 Å². The molecule has 1 atom stereocenters. The fourth-order valence-electron chi connectivity index (χ4n) is 2.44. The molecule has 1 unspecified atom stereocenters. The molecule has 21 heavy (non-hydrogen) atoms. The van der Waals surface area contributed by atoms with Crippen LogP contribution in [-0.4, -0.2) is 29.7 Å². The quantitative estimate of drug-likeness (QED) is 0.887. The van der Waals surface area contributed by atoms with Crippen molar-refractivity contribution in [2.24, 2.45) is 0 Å². The topological polar surface area (TPSA) is 76.0 Å². The first-order valence-corrected chi connectivity index (χ1v) is 6.47. The number of ether oxygens (including phenoxy) is 2. The second kappa shape index (κ2) is 5.01. The van der Waals surface area contributed by atoms with E-state index < -0.39 is 5.92 Å². The van der Waals surface area contributed by atoms with Crippen molar-refractivity contribution in [3.63, 3.8) is 0 Å². The van der Waals surface area contributed by atoms with Gasteiger partial charge in [-0.15, -0.1) is 0 Å². The van der Waals surface area contributed by atoms with E-state index in [1.165, 1.54) is 25.3 Å². The molecule has 2 N–H and O–H groups in total. The van der Waals surface area contributed by atoms with E-state index >= 15 is 0 Å². The first-order chi connectivity index (χ1) is 10.1. The molecule has 2 aromatic rings. The summed E-state index contributed by atoms with van der Waals surface area (Å²) in [7, 11) is 1.46. The minimum absolute atomic E-state index is 0.0145. The first-order valence-electron chi connectivity index (χ1n) is 6.47. The molecule has 0 saturated heterocycles. The lowest BCUT2D eigenvalue weighted by Crippen LogP contribution is -2.25. The highest BCUT2D eigenvalue weighted by atomic mass is 16.5. The van der Waals surface area contributed by atoms with Gasteiger partial charge in [-0.2, -0.15) is 0 Å². The number of hydrogen-bond donors (Lipinski definition) is 2. The van der Waals surface area contributed by atoms with Gasteiger partial charge in [-0.25, -0.2) is 0 Å². The second-order valence-corrected chi connectivity index (χ2v) is 4.84. The van der Waals surface area contributed by atoms with Crippen molar-refractivity contribution >= 4 is 5.78 Å². The second-order valence-electron chi connectivity index (χ2n) is 4.84. The molecule has 5 heteroatoms. The average molecular weight is 286 g/mol. The highest BCUT2D eigenvalue weighted by Crippen LogP contribution is 2.37. The molecule has 1 aliphatic heterocycles. The molecule has 1 aliphatic rings. The largest absolute Gasteiger partial charge is 0.508 e. The zero-order valence-corrected chi connectivity index (χ0v) is 11.4. The Hall–Kier alpha value is -2.69. The number of rotatable bonds is 2. The SMILES string of the molecule is COc1ccc(C2COc3cc(O)ccc3C2=O)cc1O. The Balaban J connectivity index is 1.96. The molecule has 0 bridgehead atoms. The Kier molecular flexibility index (Phi) is 3.17. The molecule has 108 valence electrons. The van der Waals surface area contributed by atoms with Crippen molar-refractivity contribution in [3.8, 4) is 23.0 Å². The molecule has 1 heterocycles. The molecule has 0 saturated carbocycles. The number of phenolic OH excluding ortho intramolecular Hbond substituents is 2. The summed E-state index contributed by atoms with van der Waals surface area (Å²) in [5.74, 6) is 0.197. The zero-order valence-electron chi connectivity index (χ0n) is 11.4. The van der Waals surface area contributed by atoms with Crippen LogP contribution in [0, 0.1) is 0 Å². The molecule has 0 spiro atoms. The Morgan fingerprint density at radius 3 is 2.71 bits per heavy atom. The fraction of sp³-hybridized carbons (Fsp3) is 0.188. The Morgan fingerprint density at radius 1 is 1.19 bits per heavy atom. The van der Waals surface area contributed by atoms with Crippen LogP contribution in [0.3, 0.4) is 0 Å². The number of carbonyl (C=O) groups is 1. The summed E-state index contributed by atoms with van der Waals surface area (Å²) in [6, 6.07) is 9.28. The van der Waals surface area contributed by atoms with Crippen molar-refractivity contribution in [2.45, 2.75) is 5.92 Å². The van der Waals surface area contributed by atoms with Crippen LogP contribution >= 0.6 is 0 Å². The lowest BCUT2D eigenvalue weighted by atomic mass is 9.89. The van der Waals surface area contributed by atoms with Gasteiger partial charge in [-0.05, 0) is 29.8 Å². The van der Waals surface area contributed by atoms with Crippen LogP contribution in [0.1, 0.15) is 21.8 Å². The van der Waals surface area contributed by atoms with E-state index in [0.29, 0.717) is 22.6 Å². The van der Waals surface area contributed by atoms with Crippen molar-refractivity contribution in [3.05, 3.63) is 47.5 Å². The fourth-order valence-corrected chi connectivity index (χ4v) is 2.44. The van der Waals surface area contributed by atoms with Gasteiger partial charge < -0.3 is 19.7 Å². The third kappa shape index (κ3) is 2.27. The molecule has 0 fully saturated rings. The number of carbonyl (C=O) groups excluding carboxylic acids is 1. The van der Waals surface area contributed by atoms with Gasteiger partial charge >= 0.3 is 0 Å². The van der Waals surface area contributed by atoms with Gasteiger partial charge in [-0.1, -0.05) is 6.07 Å². The molecular weight excluding hydrogens is 272 g/mol. The summed E-state index contributed by atoms with van der Waals surface area (Å²) in [6.45, 7) is 0.168. The van der Waals surface area contributed by atoms with Crippen LogP contribution in [0.5, 0.6) is 23.0 Å². The van der Waals surface area contributed by atoms with Crippen molar-refractivity contribution in [2.75, 3.05) is 13.7 Å². The van der Waals surface area contributed by atoms with Gasteiger partial charge in [0.2, 0.25) is 0 Å². The minimum atomic E-state index is -0.487. The van der Waals surface area contributed by atoms with Gasteiger partial charge in [0.15, 0.2) is 17.3 Å². The summed E-state index contributed by atoms with van der Waals surface area (Å²) in [5, 5.41) is 19.2. The van der Waals surface area contributed by atoms with Crippen molar-refractivity contribution < 1.29 is 24.5 Å². The summed E-state index contributed by atoms with van der Waals surface area (Å²) < 4.78 is 10.5. The van der Waals surface area contributed by atoms with E-state index in [9.17, 15) is 15.0 Å². The van der Waals surface area contributed by atoms with Crippen LogP contribution in [0.2, 0.25) is 0 Å². The lowest BCUT2D eigenvalue weighted by Gasteiger charge is -2.24. The monoisotopic (exact) mass is 286 g/mol. The Morgan fingerprint density at radius 2 is 2.00 bits per heavy atom. The third-order valence-electron chi connectivity index (χ3n) is 3.56. The molecule has 2 aromatic carbocycles. The van der Waals surface area contributed by atoms with Crippen LogP contribution in [0.25, 0.3) is 0 Å². The number of fused-ring (bicyclic) bond motifs is 1. The molecular formula is C16H14O5. The molecule has 0 aromatic heterocycles. The van der Waals surface area contributed by atoms with E-state index in [1.54, 1.807) is 18.2 Å². The van der Waals surface area contributed by atoms with E-state index in [-0.39, 0.29) is 23.9 Å². The smallest absolute Gasteiger partial charge is 0.177 e. The molecule has 3 rings (SSSR count). The number of methoxy groups -OCH3 is 1. The highest BCUT2D eigenvalue weighted by Gasteiger charge is 2.30. The number of benzene rings is 2. The summed E-state index contributed by atoms with van der Waals surface area (Å²) in [5.41, 5.74) is 1.09. The Labute approximate surface area is 121 Å².